The summed E-state index contributed by atoms with van der Waals surface area (Å²) in [6.45, 7) is 1.64. The molecule has 6 heteroatoms. The molecule has 2 rings (SSSR count). The van der Waals surface area contributed by atoms with Crippen molar-refractivity contribution in [2.45, 2.75) is 12.5 Å². The summed E-state index contributed by atoms with van der Waals surface area (Å²) in [5.41, 5.74) is 0.683. The molecule has 1 atom stereocenters. The molecule has 1 aliphatic heterocycles. The maximum absolute atomic E-state index is 13.0. The lowest BCUT2D eigenvalue weighted by atomic mass is 10.2. The average molecular weight is 325 g/mol. The predicted molar refractivity (Wildman–Crippen MR) is 67.9 cm³/mol. The maximum atomic E-state index is 13.0. The zero-order valence-electron chi connectivity index (χ0n) is 9.01. The molecule has 1 unspecified atom stereocenters. The first kappa shape index (κ1) is 13.1. The second kappa shape index (κ2) is 6.00. The zero-order valence-corrected chi connectivity index (χ0v) is 11.4. The van der Waals surface area contributed by atoms with Gasteiger partial charge in [0.1, 0.15) is 12.6 Å². The number of ether oxygens (including phenoxy) is 2. The van der Waals surface area contributed by atoms with Crippen LogP contribution in [0.2, 0.25) is 5.02 Å². The fourth-order valence-corrected chi connectivity index (χ4v) is 2.55. The topological polar surface area (TPSA) is 30.5 Å². The molecule has 0 spiro atoms. The van der Waals surface area contributed by atoms with Gasteiger partial charge in [0.15, 0.2) is 0 Å². The van der Waals surface area contributed by atoms with Crippen LogP contribution in [-0.2, 0) is 9.47 Å². The van der Waals surface area contributed by atoms with E-state index in [9.17, 15) is 4.39 Å². The minimum Gasteiger partial charge on any atom is -0.380 e. The van der Waals surface area contributed by atoms with E-state index in [1.807, 2.05) is 0 Å². The lowest BCUT2D eigenvalue weighted by Crippen LogP contribution is -2.30. The van der Waals surface area contributed by atoms with Crippen LogP contribution in [0, 0.1) is 5.82 Å². The smallest absolute Gasteiger partial charge is 0.147 e. The zero-order chi connectivity index (χ0) is 12.3. The fraction of sp³-hybridized carbons (Fsp3) is 0.455. The van der Waals surface area contributed by atoms with Crippen molar-refractivity contribution < 1.29 is 13.9 Å². The highest BCUT2D eigenvalue weighted by molar-refractivity contribution is 9.10. The first-order valence-electron chi connectivity index (χ1n) is 5.24. The summed E-state index contributed by atoms with van der Waals surface area (Å²) in [4.78, 5) is 0. The molecule has 1 aromatic carbocycles. The Morgan fingerprint density at radius 3 is 3.00 bits per heavy atom. The van der Waals surface area contributed by atoms with Crippen LogP contribution >= 0.6 is 27.5 Å². The van der Waals surface area contributed by atoms with Gasteiger partial charge >= 0.3 is 0 Å². The molecule has 0 radical (unpaired) electrons. The molecule has 0 saturated carbocycles. The quantitative estimate of drug-likeness (QED) is 0.924. The van der Waals surface area contributed by atoms with Crippen LogP contribution in [0.15, 0.2) is 16.6 Å². The third-order valence-electron chi connectivity index (χ3n) is 2.48. The molecule has 0 aromatic heterocycles. The van der Waals surface area contributed by atoms with E-state index in [1.165, 1.54) is 12.1 Å². The molecule has 1 heterocycles. The molecule has 1 saturated heterocycles. The third-order valence-corrected chi connectivity index (χ3v) is 3.41. The van der Waals surface area contributed by atoms with E-state index in [0.29, 0.717) is 35.1 Å². The Morgan fingerprint density at radius 1 is 1.53 bits per heavy atom. The molecule has 17 heavy (non-hydrogen) atoms. The Hall–Kier alpha value is -0.360. The molecule has 94 valence electrons. The lowest BCUT2D eigenvalue weighted by molar-refractivity contribution is -0.133. The van der Waals surface area contributed by atoms with Crippen LogP contribution < -0.4 is 5.32 Å². The largest absolute Gasteiger partial charge is 0.380 e. The highest BCUT2D eigenvalue weighted by Crippen LogP contribution is 2.31. The van der Waals surface area contributed by atoms with Gasteiger partial charge in [0.25, 0.3) is 0 Å². The van der Waals surface area contributed by atoms with Crippen molar-refractivity contribution in [3.8, 4) is 0 Å². The number of hydrogen-bond donors (Lipinski definition) is 1. The molecule has 0 aliphatic carbocycles. The molecule has 1 N–H and O–H groups in total. The Kier molecular flexibility index (Phi) is 4.62. The van der Waals surface area contributed by atoms with Crippen LogP contribution in [0.25, 0.3) is 0 Å². The van der Waals surface area contributed by atoms with Crippen molar-refractivity contribution in [3.05, 3.63) is 27.4 Å². The number of rotatable bonds is 3. The van der Waals surface area contributed by atoms with Crippen LogP contribution in [0.1, 0.15) is 6.42 Å². The molecule has 3 nitrogen and oxygen atoms in total. The summed E-state index contributed by atoms with van der Waals surface area (Å²) >= 11 is 9.22. The van der Waals surface area contributed by atoms with Gasteiger partial charge in [-0.1, -0.05) is 11.6 Å². The van der Waals surface area contributed by atoms with E-state index in [4.69, 9.17) is 21.1 Å². The first-order valence-corrected chi connectivity index (χ1v) is 6.41. The summed E-state index contributed by atoms with van der Waals surface area (Å²) in [6.07, 6.45) is 0.931. The number of halogens is 3. The van der Waals surface area contributed by atoms with E-state index >= 15 is 0 Å². The van der Waals surface area contributed by atoms with Gasteiger partial charge in [-0.25, -0.2) is 4.39 Å². The van der Waals surface area contributed by atoms with Crippen molar-refractivity contribution in [1.82, 2.24) is 0 Å². The summed E-state index contributed by atoms with van der Waals surface area (Å²) in [5, 5.41) is 3.50. The molecular weight excluding hydrogens is 312 g/mol. The molecule has 1 aromatic rings. The van der Waals surface area contributed by atoms with E-state index < -0.39 is 0 Å². The van der Waals surface area contributed by atoms with Gasteiger partial charge in [0.2, 0.25) is 0 Å². The van der Waals surface area contributed by atoms with Crippen molar-refractivity contribution in [3.63, 3.8) is 0 Å². The van der Waals surface area contributed by atoms with E-state index in [2.05, 4.69) is 21.2 Å². The van der Waals surface area contributed by atoms with Gasteiger partial charge < -0.3 is 14.8 Å². The van der Waals surface area contributed by atoms with Crippen LogP contribution in [-0.4, -0.2) is 26.0 Å². The van der Waals surface area contributed by atoms with Gasteiger partial charge in [-0.2, -0.15) is 0 Å². The number of anilines is 1. The summed E-state index contributed by atoms with van der Waals surface area (Å²) < 4.78 is 24.1. The Morgan fingerprint density at radius 2 is 2.35 bits per heavy atom. The normalized spacial score (nSPS) is 20.3. The SMILES string of the molecule is Fc1cc(Cl)c(NCC2CCOCO2)c(Br)c1. The second-order valence-corrected chi connectivity index (χ2v) is 4.99. The van der Waals surface area contributed by atoms with E-state index in [1.54, 1.807) is 0 Å². The van der Waals surface area contributed by atoms with Crippen molar-refractivity contribution in [1.29, 1.82) is 0 Å². The summed E-state index contributed by atoms with van der Waals surface area (Å²) in [5.74, 6) is -0.366. The van der Waals surface area contributed by atoms with Gasteiger partial charge in [-0.15, -0.1) is 0 Å². The van der Waals surface area contributed by atoms with Gasteiger partial charge in [0.05, 0.1) is 23.4 Å². The molecule has 1 fully saturated rings. The minimum absolute atomic E-state index is 0.0942. The third kappa shape index (κ3) is 3.55. The standard InChI is InChI=1S/C11H12BrClFNO2/c12-9-3-7(14)4-10(13)11(9)15-5-8-1-2-16-6-17-8/h3-4,8,15H,1-2,5-6H2. The maximum Gasteiger partial charge on any atom is 0.147 e. The van der Waals surface area contributed by atoms with Crippen LogP contribution in [0.3, 0.4) is 0 Å². The van der Waals surface area contributed by atoms with Crippen molar-refractivity contribution >= 4 is 33.2 Å². The Balaban J connectivity index is 1.98. The van der Waals surface area contributed by atoms with Gasteiger partial charge in [0, 0.05) is 11.0 Å². The Labute approximate surface area is 112 Å². The van der Waals surface area contributed by atoms with E-state index in [-0.39, 0.29) is 11.9 Å². The first-order chi connectivity index (χ1) is 8.16. The molecule has 1 aliphatic rings. The summed E-state index contributed by atoms with van der Waals surface area (Å²) in [6, 6.07) is 2.65. The van der Waals surface area contributed by atoms with Crippen LogP contribution in [0.4, 0.5) is 10.1 Å². The summed E-state index contributed by atoms with van der Waals surface area (Å²) in [7, 11) is 0. The minimum atomic E-state index is -0.366. The van der Waals surface area contributed by atoms with Crippen molar-refractivity contribution in [2.75, 3.05) is 25.3 Å². The van der Waals surface area contributed by atoms with E-state index in [0.717, 1.165) is 6.42 Å². The number of nitrogens with one attached hydrogen (secondary N) is 1. The van der Waals surface area contributed by atoms with Gasteiger partial charge in [-0.05, 0) is 34.5 Å². The molecule has 0 bridgehead atoms. The van der Waals surface area contributed by atoms with Crippen LogP contribution in [0.5, 0.6) is 0 Å². The number of hydrogen-bond acceptors (Lipinski definition) is 3. The number of benzene rings is 1. The average Bonchev–Trinajstić information content (AvgIpc) is 2.29. The highest BCUT2D eigenvalue weighted by atomic mass is 79.9. The predicted octanol–water partition coefficient (Wildman–Crippen LogP) is 3.42. The highest BCUT2D eigenvalue weighted by Gasteiger charge is 2.15. The monoisotopic (exact) mass is 323 g/mol. The second-order valence-electron chi connectivity index (χ2n) is 3.73. The molecular formula is C11H12BrClFNO2. The fourth-order valence-electron chi connectivity index (χ4n) is 1.59. The molecule has 0 amide bonds. The van der Waals surface area contributed by atoms with Crippen molar-refractivity contribution in [2.24, 2.45) is 0 Å². The Bertz CT molecular complexity index is 376. The van der Waals surface area contributed by atoms with Gasteiger partial charge in [-0.3, -0.25) is 0 Å². The lowest BCUT2D eigenvalue weighted by Gasteiger charge is -2.23.